The molecule has 1 aliphatic rings. The lowest BCUT2D eigenvalue weighted by Gasteiger charge is -2.26. The maximum absolute atomic E-state index is 8.89. The van der Waals surface area contributed by atoms with Crippen molar-refractivity contribution in [3.05, 3.63) is 53.5 Å². The molecule has 2 aromatic rings. The maximum Gasteiger partial charge on any atom is 0.158 e. The van der Waals surface area contributed by atoms with Crippen molar-refractivity contribution < 1.29 is 4.74 Å². The standard InChI is InChI=1S/C19H22N4O/c1-15-4-6-16(7-5-15)8-9-23(14-18-3-2-10-24-18)19-13-21-17(11-20)12-22-19/h4-7,12-13,18H,2-3,8-10,14H2,1H3. The third kappa shape index (κ3) is 4.30. The topological polar surface area (TPSA) is 62.0 Å². The minimum atomic E-state index is 0.250. The van der Waals surface area contributed by atoms with Gasteiger partial charge in [0.15, 0.2) is 5.69 Å². The third-order valence-corrected chi connectivity index (χ3v) is 4.32. The van der Waals surface area contributed by atoms with E-state index in [0.29, 0.717) is 5.69 Å². The number of anilines is 1. The highest BCUT2D eigenvalue weighted by Gasteiger charge is 2.20. The van der Waals surface area contributed by atoms with Crippen LogP contribution in [0.2, 0.25) is 0 Å². The fourth-order valence-corrected chi connectivity index (χ4v) is 2.89. The number of nitrogens with zero attached hydrogens (tertiary/aromatic N) is 4. The first-order valence-electron chi connectivity index (χ1n) is 8.39. The summed E-state index contributed by atoms with van der Waals surface area (Å²) in [6.45, 7) is 4.60. The first-order valence-corrected chi connectivity index (χ1v) is 8.39. The number of hydrogen-bond acceptors (Lipinski definition) is 5. The van der Waals surface area contributed by atoms with Crippen LogP contribution in [0.15, 0.2) is 36.7 Å². The highest BCUT2D eigenvalue weighted by atomic mass is 16.5. The molecule has 3 rings (SSSR count). The van der Waals surface area contributed by atoms with E-state index in [-0.39, 0.29) is 6.10 Å². The van der Waals surface area contributed by atoms with E-state index in [9.17, 15) is 0 Å². The Morgan fingerprint density at radius 3 is 2.71 bits per heavy atom. The molecule has 24 heavy (non-hydrogen) atoms. The van der Waals surface area contributed by atoms with Gasteiger partial charge in [0.2, 0.25) is 0 Å². The van der Waals surface area contributed by atoms with Gasteiger partial charge in [-0.3, -0.25) is 0 Å². The molecule has 1 unspecified atom stereocenters. The van der Waals surface area contributed by atoms with Gasteiger partial charge in [-0.2, -0.15) is 5.26 Å². The molecular weight excluding hydrogens is 300 g/mol. The van der Waals surface area contributed by atoms with E-state index in [1.54, 1.807) is 6.20 Å². The fourth-order valence-electron chi connectivity index (χ4n) is 2.89. The summed E-state index contributed by atoms with van der Waals surface area (Å²) in [4.78, 5) is 10.8. The van der Waals surface area contributed by atoms with Gasteiger partial charge in [-0.25, -0.2) is 9.97 Å². The molecule has 0 saturated carbocycles. The van der Waals surface area contributed by atoms with Gasteiger partial charge in [0, 0.05) is 19.7 Å². The van der Waals surface area contributed by atoms with Crippen LogP contribution < -0.4 is 4.90 Å². The number of aryl methyl sites for hydroxylation is 1. The molecule has 1 fully saturated rings. The highest BCUT2D eigenvalue weighted by molar-refractivity contribution is 5.38. The molecule has 1 saturated heterocycles. The van der Waals surface area contributed by atoms with Crippen LogP contribution in [0.5, 0.6) is 0 Å². The number of ether oxygens (including phenoxy) is 1. The van der Waals surface area contributed by atoms with Crippen LogP contribution in [-0.4, -0.2) is 35.8 Å². The lowest BCUT2D eigenvalue weighted by Crippen LogP contribution is -2.34. The largest absolute Gasteiger partial charge is 0.376 e. The van der Waals surface area contributed by atoms with Crippen LogP contribution in [0.1, 0.15) is 29.7 Å². The van der Waals surface area contributed by atoms with Crippen molar-refractivity contribution in [1.82, 2.24) is 9.97 Å². The van der Waals surface area contributed by atoms with Gasteiger partial charge < -0.3 is 9.64 Å². The van der Waals surface area contributed by atoms with Crippen molar-refractivity contribution in [3.8, 4) is 6.07 Å². The van der Waals surface area contributed by atoms with E-state index in [2.05, 4.69) is 46.1 Å². The van der Waals surface area contributed by atoms with Crippen molar-refractivity contribution in [2.45, 2.75) is 32.3 Å². The first-order chi connectivity index (χ1) is 11.7. The van der Waals surface area contributed by atoms with E-state index in [1.807, 2.05) is 6.07 Å². The summed E-state index contributed by atoms with van der Waals surface area (Å²) < 4.78 is 5.78. The average molecular weight is 322 g/mol. The van der Waals surface area contributed by atoms with Crippen molar-refractivity contribution >= 4 is 5.82 Å². The molecule has 0 amide bonds. The summed E-state index contributed by atoms with van der Waals surface area (Å²) in [6.07, 6.45) is 6.61. The number of benzene rings is 1. The third-order valence-electron chi connectivity index (χ3n) is 4.32. The predicted molar refractivity (Wildman–Crippen MR) is 92.8 cm³/mol. The normalized spacial score (nSPS) is 16.8. The van der Waals surface area contributed by atoms with Crippen LogP contribution in [0, 0.1) is 18.3 Å². The Labute approximate surface area is 142 Å². The van der Waals surface area contributed by atoms with E-state index in [0.717, 1.165) is 44.8 Å². The zero-order valence-corrected chi connectivity index (χ0v) is 14.0. The zero-order chi connectivity index (χ0) is 16.8. The van der Waals surface area contributed by atoms with Crippen molar-refractivity contribution in [2.24, 2.45) is 0 Å². The second kappa shape index (κ2) is 7.89. The number of rotatable bonds is 6. The Morgan fingerprint density at radius 1 is 1.25 bits per heavy atom. The maximum atomic E-state index is 8.89. The lowest BCUT2D eigenvalue weighted by molar-refractivity contribution is 0.115. The predicted octanol–water partition coefficient (Wildman–Crippen LogP) is 2.88. The molecule has 5 heteroatoms. The Kier molecular flexibility index (Phi) is 5.39. The Morgan fingerprint density at radius 2 is 2.08 bits per heavy atom. The van der Waals surface area contributed by atoms with Gasteiger partial charge in [0.05, 0.1) is 18.5 Å². The zero-order valence-electron chi connectivity index (χ0n) is 14.0. The van der Waals surface area contributed by atoms with Gasteiger partial charge in [-0.05, 0) is 31.7 Å². The molecule has 5 nitrogen and oxygen atoms in total. The summed E-state index contributed by atoms with van der Waals surface area (Å²) in [7, 11) is 0. The lowest BCUT2D eigenvalue weighted by atomic mass is 10.1. The molecule has 124 valence electrons. The molecule has 1 aromatic carbocycles. The minimum absolute atomic E-state index is 0.250. The summed E-state index contributed by atoms with van der Waals surface area (Å²) in [5.41, 5.74) is 2.92. The van der Waals surface area contributed by atoms with Crippen LogP contribution in [0.3, 0.4) is 0 Å². The molecule has 0 aliphatic carbocycles. The Bertz CT molecular complexity index is 685. The van der Waals surface area contributed by atoms with Crippen molar-refractivity contribution in [2.75, 3.05) is 24.6 Å². The molecule has 0 N–H and O–H groups in total. The molecule has 0 radical (unpaired) electrons. The average Bonchev–Trinajstić information content (AvgIpc) is 3.13. The number of nitriles is 1. The Hall–Kier alpha value is -2.45. The van der Waals surface area contributed by atoms with E-state index < -0.39 is 0 Å². The molecule has 1 aromatic heterocycles. The quantitative estimate of drug-likeness (QED) is 0.818. The molecule has 0 spiro atoms. The summed E-state index contributed by atoms with van der Waals surface area (Å²) in [6, 6.07) is 10.6. The molecular formula is C19H22N4O. The number of aromatic nitrogens is 2. The summed E-state index contributed by atoms with van der Waals surface area (Å²) >= 11 is 0. The van der Waals surface area contributed by atoms with Gasteiger partial charge >= 0.3 is 0 Å². The van der Waals surface area contributed by atoms with E-state index in [1.165, 1.54) is 17.3 Å². The van der Waals surface area contributed by atoms with Crippen LogP contribution >= 0.6 is 0 Å². The van der Waals surface area contributed by atoms with E-state index >= 15 is 0 Å². The number of hydrogen-bond donors (Lipinski definition) is 0. The smallest absolute Gasteiger partial charge is 0.158 e. The Balaban J connectivity index is 1.70. The monoisotopic (exact) mass is 322 g/mol. The van der Waals surface area contributed by atoms with Crippen molar-refractivity contribution in [1.29, 1.82) is 5.26 Å². The van der Waals surface area contributed by atoms with Crippen LogP contribution in [0.25, 0.3) is 0 Å². The minimum Gasteiger partial charge on any atom is -0.376 e. The SMILES string of the molecule is Cc1ccc(CCN(CC2CCCO2)c2cnc(C#N)cn2)cc1. The van der Waals surface area contributed by atoms with Gasteiger partial charge in [0.1, 0.15) is 11.9 Å². The molecule has 2 heterocycles. The van der Waals surface area contributed by atoms with Crippen LogP contribution in [0.4, 0.5) is 5.82 Å². The highest BCUT2D eigenvalue weighted by Crippen LogP contribution is 2.18. The van der Waals surface area contributed by atoms with Crippen molar-refractivity contribution in [3.63, 3.8) is 0 Å². The second-order valence-corrected chi connectivity index (χ2v) is 6.19. The molecule has 0 bridgehead atoms. The summed E-state index contributed by atoms with van der Waals surface area (Å²) in [5.74, 6) is 0.802. The fraction of sp³-hybridized carbons (Fsp3) is 0.421. The van der Waals surface area contributed by atoms with Gasteiger partial charge in [-0.1, -0.05) is 29.8 Å². The van der Waals surface area contributed by atoms with Crippen LogP contribution in [-0.2, 0) is 11.2 Å². The first kappa shape index (κ1) is 16.4. The van der Waals surface area contributed by atoms with E-state index in [4.69, 9.17) is 10.00 Å². The second-order valence-electron chi connectivity index (χ2n) is 6.19. The van der Waals surface area contributed by atoms with Gasteiger partial charge in [0.25, 0.3) is 0 Å². The van der Waals surface area contributed by atoms with Gasteiger partial charge in [-0.15, -0.1) is 0 Å². The molecule has 1 aliphatic heterocycles. The molecule has 1 atom stereocenters. The summed E-state index contributed by atoms with van der Waals surface area (Å²) in [5, 5.41) is 8.89.